The largest absolute Gasteiger partial charge is 0.378 e. The summed E-state index contributed by atoms with van der Waals surface area (Å²) >= 11 is 0. The van der Waals surface area contributed by atoms with Crippen LogP contribution in [0, 0.1) is 5.92 Å². The van der Waals surface area contributed by atoms with E-state index >= 15 is 0 Å². The van der Waals surface area contributed by atoms with E-state index in [0.717, 1.165) is 19.1 Å². The molecule has 2 fully saturated rings. The van der Waals surface area contributed by atoms with Crippen LogP contribution >= 0.6 is 0 Å². The molecule has 15 heavy (non-hydrogen) atoms. The summed E-state index contributed by atoms with van der Waals surface area (Å²) in [7, 11) is 0. The third-order valence-electron chi connectivity index (χ3n) is 3.82. The van der Waals surface area contributed by atoms with Crippen molar-refractivity contribution in [2.75, 3.05) is 13.2 Å². The predicted molar refractivity (Wildman–Crippen MR) is 61.0 cm³/mol. The lowest BCUT2D eigenvalue weighted by atomic mass is 9.91. The summed E-state index contributed by atoms with van der Waals surface area (Å²) in [5.41, 5.74) is 0. The number of rotatable bonds is 5. The van der Waals surface area contributed by atoms with E-state index in [1.807, 2.05) is 0 Å². The Balaban J connectivity index is 1.70. The van der Waals surface area contributed by atoms with Gasteiger partial charge >= 0.3 is 0 Å². The van der Waals surface area contributed by atoms with Crippen molar-refractivity contribution in [3.8, 4) is 0 Å². The zero-order chi connectivity index (χ0) is 10.5. The normalized spacial score (nSPS) is 33.4. The van der Waals surface area contributed by atoms with Crippen LogP contribution in [0.4, 0.5) is 0 Å². The number of ether oxygens (including phenoxy) is 2. The van der Waals surface area contributed by atoms with Gasteiger partial charge < -0.3 is 9.47 Å². The Hall–Kier alpha value is -0.0800. The molecule has 2 heterocycles. The van der Waals surface area contributed by atoms with E-state index in [0.29, 0.717) is 12.2 Å². The van der Waals surface area contributed by atoms with Crippen LogP contribution in [-0.2, 0) is 9.47 Å². The molecule has 0 aromatic heterocycles. The molecule has 0 radical (unpaired) electrons. The smallest absolute Gasteiger partial charge is 0.0578 e. The van der Waals surface area contributed by atoms with Gasteiger partial charge in [0.05, 0.1) is 12.2 Å². The standard InChI is InChI=1S/C13H24O2/c1-2-11(9-12-5-3-7-14-12)10-13-6-4-8-15-13/h11-13H,2-10H2,1H3. The van der Waals surface area contributed by atoms with Gasteiger partial charge in [-0.25, -0.2) is 0 Å². The van der Waals surface area contributed by atoms with E-state index in [9.17, 15) is 0 Å². The van der Waals surface area contributed by atoms with Crippen molar-refractivity contribution in [3.05, 3.63) is 0 Å². The Morgan fingerprint density at radius 3 is 1.87 bits per heavy atom. The summed E-state index contributed by atoms with van der Waals surface area (Å²) in [5, 5.41) is 0. The van der Waals surface area contributed by atoms with Gasteiger partial charge in [0, 0.05) is 13.2 Å². The first-order valence-electron chi connectivity index (χ1n) is 6.61. The van der Waals surface area contributed by atoms with E-state index in [1.165, 1.54) is 44.9 Å². The summed E-state index contributed by atoms with van der Waals surface area (Å²) in [6, 6.07) is 0. The molecule has 2 heteroatoms. The molecule has 2 nitrogen and oxygen atoms in total. The molecular weight excluding hydrogens is 188 g/mol. The minimum Gasteiger partial charge on any atom is -0.378 e. The molecule has 0 aromatic carbocycles. The molecule has 0 aliphatic carbocycles. The quantitative estimate of drug-likeness (QED) is 0.697. The van der Waals surface area contributed by atoms with Gasteiger partial charge in [0.1, 0.15) is 0 Å². The Kier molecular flexibility index (Phi) is 4.45. The van der Waals surface area contributed by atoms with Crippen molar-refractivity contribution in [2.45, 2.75) is 64.1 Å². The maximum atomic E-state index is 5.71. The highest BCUT2D eigenvalue weighted by molar-refractivity contribution is 4.74. The van der Waals surface area contributed by atoms with Crippen molar-refractivity contribution in [3.63, 3.8) is 0 Å². The number of hydrogen-bond donors (Lipinski definition) is 0. The van der Waals surface area contributed by atoms with E-state index in [1.54, 1.807) is 0 Å². The second kappa shape index (κ2) is 5.86. The van der Waals surface area contributed by atoms with Crippen LogP contribution in [0.2, 0.25) is 0 Å². The lowest BCUT2D eigenvalue weighted by Gasteiger charge is -2.21. The summed E-state index contributed by atoms with van der Waals surface area (Å²) in [6.45, 7) is 4.27. The van der Waals surface area contributed by atoms with Crippen LogP contribution in [0.1, 0.15) is 51.9 Å². The van der Waals surface area contributed by atoms with Crippen molar-refractivity contribution in [1.82, 2.24) is 0 Å². The molecule has 0 bridgehead atoms. The summed E-state index contributed by atoms with van der Waals surface area (Å²) in [4.78, 5) is 0. The van der Waals surface area contributed by atoms with Gasteiger partial charge in [-0.05, 0) is 44.4 Å². The highest BCUT2D eigenvalue weighted by Gasteiger charge is 2.24. The first-order chi connectivity index (χ1) is 7.38. The van der Waals surface area contributed by atoms with Crippen molar-refractivity contribution in [2.24, 2.45) is 5.92 Å². The van der Waals surface area contributed by atoms with Crippen LogP contribution in [0.15, 0.2) is 0 Å². The summed E-state index contributed by atoms with van der Waals surface area (Å²) in [6.07, 6.45) is 9.99. The van der Waals surface area contributed by atoms with Crippen LogP contribution < -0.4 is 0 Å². The Bertz CT molecular complexity index is 151. The topological polar surface area (TPSA) is 18.5 Å². The molecule has 0 N–H and O–H groups in total. The second-order valence-corrected chi connectivity index (χ2v) is 5.02. The molecule has 2 rings (SSSR count). The molecule has 2 atom stereocenters. The van der Waals surface area contributed by atoms with Crippen LogP contribution in [0.25, 0.3) is 0 Å². The van der Waals surface area contributed by atoms with Gasteiger partial charge in [0.25, 0.3) is 0 Å². The fourth-order valence-electron chi connectivity index (χ4n) is 2.83. The van der Waals surface area contributed by atoms with Gasteiger partial charge in [-0.1, -0.05) is 13.3 Å². The van der Waals surface area contributed by atoms with E-state index < -0.39 is 0 Å². The van der Waals surface area contributed by atoms with Crippen LogP contribution in [-0.4, -0.2) is 25.4 Å². The van der Waals surface area contributed by atoms with Crippen molar-refractivity contribution >= 4 is 0 Å². The second-order valence-electron chi connectivity index (χ2n) is 5.02. The zero-order valence-corrected chi connectivity index (χ0v) is 9.91. The van der Waals surface area contributed by atoms with Gasteiger partial charge in [-0.15, -0.1) is 0 Å². The lowest BCUT2D eigenvalue weighted by Crippen LogP contribution is -2.17. The molecule has 2 unspecified atom stereocenters. The average Bonchev–Trinajstić information content (AvgIpc) is 2.89. The SMILES string of the molecule is CCC(CC1CCCO1)CC1CCCO1. The first-order valence-corrected chi connectivity index (χ1v) is 6.61. The fraction of sp³-hybridized carbons (Fsp3) is 1.00. The molecule has 0 spiro atoms. The van der Waals surface area contributed by atoms with Gasteiger partial charge in [0.15, 0.2) is 0 Å². The first kappa shape index (κ1) is 11.4. The molecule has 0 aromatic rings. The summed E-state index contributed by atoms with van der Waals surface area (Å²) < 4.78 is 11.4. The monoisotopic (exact) mass is 212 g/mol. The number of hydrogen-bond acceptors (Lipinski definition) is 2. The minimum atomic E-state index is 0.552. The predicted octanol–water partition coefficient (Wildman–Crippen LogP) is 3.15. The molecule has 0 saturated carbocycles. The molecule has 2 aliphatic heterocycles. The maximum absolute atomic E-state index is 5.71. The third-order valence-corrected chi connectivity index (χ3v) is 3.82. The van der Waals surface area contributed by atoms with Crippen LogP contribution in [0.5, 0.6) is 0 Å². The van der Waals surface area contributed by atoms with Gasteiger partial charge in [-0.3, -0.25) is 0 Å². The minimum absolute atomic E-state index is 0.552. The third kappa shape index (κ3) is 3.46. The van der Waals surface area contributed by atoms with E-state index in [2.05, 4.69) is 6.92 Å². The highest BCUT2D eigenvalue weighted by Crippen LogP contribution is 2.28. The van der Waals surface area contributed by atoms with E-state index in [-0.39, 0.29) is 0 Å². The molecule has 0 amide bonds. The Morgan fingerprint density at radius 2 is 1.53 bits per heavy atom. The van der Waals surface area contributed by atoms with Crippen molar-refractivity contribution in [1.29, 1.82) is 0 Å². The zero-order valence-electron chi connectivity index (χ0n) is 9.91. The molecule has 2 saturated heterocycles. The fourth-order valence-corrected chi connectivity index (χ4v) is 2.83. The Morgan fingerprint density at radius 1 is 1.00 bits per heavy atom. The molecule has 88 valence electrons. The van der Waals surface area contributed by atoms with Crippen LogP contribution in [0.3, 0.4) is 0 Å². The molecular formula is C13H24O2. The summed E-state index contributed by atoms with van der Waals surface area (Å²) in [5.74, 6) is 0.816. The van der Waals surface area contributed by atoms with Gasteiger partial charge in [-0.2, -0.15) is 0 Å². The van der Waals surface area contributed by atoms with E-state index in [4.69, 9.17) is 9.47 Å². The molecule has 2 aliphatic rings. The highest BCUT2D eigenvalue weighted by atomic mass is 16.5. The Labute approximate surface area is 93.3 Å². The maximum Gasteiger partial charge on any atom is 0.0578 e. The van der Waals surface area contributed by atoms with Crippen molar-refractivity contribution < 1.29 is 9.47 Å². The average molecular weight is 212 g/mol. The van der Waals surface area contributed by atoms with Gasteiger partial charge in [0.2, 0.25) is 0 Å². The lowest BCUT2D eigenvalue weighted by molar-refractivity contribution is 0.0590.